The van der Waals surface area contributed by atoms with Gasteiger partial charge in [0, 0.05) is 29.7 Å². The lowest BCUT2D eigenvalue weighted by Crippen LogP contribution is -2.57. The molecule has 0 saturated carbocycles. The summed E-state index contributed by atoms with van der Waals surface area (Å²) >= 11 is 3.71. The number of halogens is 1. The molecule has 2 bridgehead atoms. The van der Waals surface area contributed by atoms with Gasteiger partial charge in [0.1, 0.15) is 17.4 Å². The monoisotopic (exact) mass is 607 g/mol. The van der Waals surface area contributed by atoms with Crippen LogP contribution in [0.15, 0.2) is 24.3 Å². The minimum atomic E-state index is -1.06. The van der Waals surface area contributed by atoms with Crippen LogP contribution in [0.4, 0.5) is 5.69 Å². The molecule has 1 aromatic carbocycles. The number of aliphatic hydroxyl groups excluding tert-OH is 1. The Morgan fingerprint density at radius 1 is 1.18 bits per heavy atom. The first-order valence-corrected chi connectivity index (χ1v) is 15.3. The molecule has 0 radical (unpaired) electrons. The Hall–Kier alpha value is -2.17. The zero-order valence-electron chi connectivity index (χ0n) is 23.2. The fraction of sp³-hybridized carbons (Fsp3) is 0.690. The van der Waals surface area contributed by atoms with Crippen LogP contribution in [0.5, 0.6) is 5.75 Å². The smallest absolute Gasteiger partial charge is 0.246 e. The summed E-state index contributed by atoms with van der Waals surface area (Å²) in [6, 6.07) is 6.32. The highest BCUT2D eigenvalue weighted by Crippen LogP contribution is 2.60. The molecule has 3 amide bonds. The zero-order valence-corrected chi connectivity index (χ0v) is 24.7. The summed E-state index contributed by atoms with van der Waals surface area (Å²) in [7, 11) is 0. The Balaban J connectivity index is 1.59. The first-order chi connectivity index (χ1) is 18.8. The summed E-state index contributed by atoms with van der Waals surface area (Å²) < 4.78 is 12.0. The third kappa shape index (κ3) is 5.98. The van der Waals surface area contributed by atoms with Crippen LogP contribution in [-0.4, -0.2) is 76.1 Å². The van der Waals surface area contributed by atoms with Crippen LogP contribution >= 0.6 is 15.9 Å². The molecule has 0 aliphatic carbocycles. The van der Waals surface area contributed by atoms with E-state index >= 15 is 0 Å². The van der Waals surface area contributed by atoms with E-state index in [1.807, 2.05) is 13.8 Å². The maximum atomic E-state index is 14.0. The predicted molar refractivity (Wildman–Crippen MR) is 152 cm³/mol. The van der Waals surface area contributed by atoms with Crippen LogP contribution < -0.4 is 15.4 Å². The normalized spacial score (nSPS) is 29.8. The average molecular weight is 609 g/mol. The number of carbonyl (C=O) groups excluding carboxylic acids is 3. The van der Waals surface area contributed by atoms with E-state index in [4.69, 9.17) is 14.6 Å². The Labute approximate surface area is 239 Å². The maximum absolute atomic E-state index is 14.0. The summed E-state index contributed by atoms with van der Waals surface area (Å²) in [6.07, 6.45) is 4.88. The van der Waals surface area contributed by atoms with Gasteiger partial charge in [0.2, 0.25) is 17.7 Å². The van der Waals surface area contributed by atoms with Crippen molar-refractivity contribution in [3.63, 3.8) is 0 Å². The molecule has 3 aliphatic heterocycles. The molecule has 3 aliphatic rings. The van der Waals surface area contributed by atoms with Crippen molar-refractivity contribution in [2.75, 3.05) is 25.1 Å². The molecule has 1 aromatic rings. The molecule has 3 N–H and O–H groups in total. The Bertz CT molecular complexity index is 1020. The molecule has 3 fully saturated rings. The number of nitrogens with one attached hydrogen (secondary N) is 2. The van der Waals surface area contributed by atoms with E-state index in [2.05, 4.69) is 33.5 Å². The van der Waals surface area contributed by atoms with E-state index < -0.39 is 29.6 Å². The standard InChI is InChI=1S/C29H42BrN3O6/c1-4-10-18(3)31-27(36)25-29-17-21(30)24(39-29)22(23(29)28(37)33(25)15-8-6-7-9-16-34)26(35)32-19-11-13-20(14-12-19)38-5-2/h11-14,18,21-25,34H,4-10,15-17H2,1-3H3,(H,31,36)(H,32,35)/t18?,21?,22-,23-,24-,25?,29?/m0/s1. The van der Waals surface area contributed by atoms with Crippen molar-refractivity contribution in [2.24, 2.45) is 11.8 Å². The van der Waals surface area contributed by atoms with Gasteiger partial charge in [-0.15, -0.1) is 0 Å². The van der Waals surface area contributed by atoms with Crippen LogP contribution in [0.1, 0.15) is 65.7 Å². The minimum Gasteiger partial charge on any atom is -0.494 e. The molecular formula is C29H42BrN3O6. The molecule has 3 saturated heterocycles. The number of anilines is 1. The first-order valence-electron chi connectivity index (χ1n) is 14.3. The van der Waals surface area contributed by atoms with E-state index in [-0.39, 0.29) is 35.2 Å². The topological polar surface area (TPSA) is 117 Å². The molecule has 3 heterocycles. The number of carbonyl (C=O) groups is 3. The number of hydrogen-bond donors (Lipinski definition) is 3. The summed E-state index contributed by atoms with van der Waals surface area (Å²) in [5.41, 5.74) is -0.446. The zero-order chi connectivity index (χ0) is 28.2. The fourth-order valence-corrected chi connectivity index (χ4v) is 7.51. The van der Waals surface area contributed by atoms with Crippen LogP contribution in [0.25, 0.3) is 0 Å². The number of likely N-dealkylation sites (tertiary alicyclic amines) is 1. The predicted octanol–water partition coefficient (Wildman–Crippen LogP) is 3.63. The fourth-order valence-electron chi connectivity index (χ4n) is 6.57. The lowest BCUT2D eigenvalue weighted by atomic mass is 9.70. The van der Waals surface area contributed by atoms with Gasteiger partial charge in [-0.25, -0.2) is 0 Å². The molecule has 0 aromatic heterocycles. The number of aliphatic hydroxyl groups is 1. The molecule has 4 unspecified atom stereocenters. The van der Waals surface area contributed by atoms with Gasteiger partial charge in [0.05, 0.1) is 24.5 Å². The van der Waals surface area contributed by atoms with E-state index in [0.29, 0.717) is 43.9 Å². The SMILES string of the molecule is CCCC(C)NC(=O)C1N(CCCCCCO)C(=O)[C@@H]2[C@H](C(=O)Nc3ccc(OCC)cc3)[C@H]3OC12CC3Br. The Morgan fingerprint density at radius 2 is 1.90 bits per heavy atom. The summed E-state index contributed by atoms with van der Waals surface area (Å²) in [5.74, 6) is -1.41. The molecule has 10 heteroatoms. The number of benzene rings is 1. The second-order valence-electron chi connectivity index (χ2n) is 11.0. The van der Waals surface area contributed by atoms with Crippen molar-refractivity contribution in [2.45, 2.75) is 94.3 Å². The van der Waals surface area contributed by atoms with E-state index in [0.717, 1.165) is 25.7 Å². The van der Waals surface area contributed by atoms with Gasteiger partial charge >= 0.3 is 0 Å². The summed E-state index contributed by atoms with van der Waals surface area (Å²) in [4.78, 5) is 43.0. The summed E-state index contributed by atoms with van der Waals surface area (Å²) in [6.45, 7) is 7.05. The number of nitrogens with zero attached hydrogens (tertiary/aromatic N) is 1. The molecule has 39 heavy (non-hydrogen) atoms. The van der Waals surface area contributed by atoms with Crippen LogP contribution in [-0.2, 0) is 19.1 Å². The molecule has 216 valence electrons. The Kier molecular flexibility index (Phi) is 9.93. The molecular weight excluding hydrogens is 566 g/mol. The minimum absolute atomic E-state index is 0.0309. The van der Waals surface area contributed by atoms with Crippen molar-refractivity contribution >= 4 is 39.3 Å². The number of hydrogen-bond acceptors (Lipinski definition) is 6. The average Bonchev–Trinajstić information content (AvgIpc) is 3.48. The lowest BCUT2D eigenvalue weighted by Gasteiger charge is -2.34. The summed E-state index contributed by atoms with van der Waals surface area (Å²) in [5, 5.41) is 15.2. The number of rotatable bonds is 14. The highest BCUT2D eigenvalue weighted by molar-refractivity contribution is 9.09. The largest absolute Gasteiger partial charge is 0.494 e. The number of alkyl halides is 1. The highest BCUT2D eigenvalue weighted by Gasteiger charge is 2.76. The van der Waals surface area contributed by atoms with Crippen molar-refractivity contribution in [3.8, 4) is 5.75 Å². The van der Waals surface area contributed by atoms with Crippen molar-refractivity contribution in [1.29, 1.82) is 0 Å². The third-order valence-electron chi connectivity index (χ3n) is 8.19. The second-order valence-corrected chi connectivity index (χ2v) is 12.2. The van der Waals surface area contributed by atoms with Gasteiger partial charge in [-0.2, -0.15) is 0 Å². The first kappa shape index (κ1) is 29.8. The number of ether oxygens (including phenoxy) is 2. The van der Waals surface area contributed by atoms with Gasteiger partial charge in [-0.05, 0) is 63.8 Å². The number of fused-ring (bicyclic) bond motifs is 1. The highest BCUT2D eigenvalue weighted by atomic mass is 79.9. The molecule has 1 spiro atoms. The van der Waals surface area contributed by atoms with Gasteiger partial charge in [0.15, 0.2) is 0 Å². The number of unbranched alkanes of at least 4 members (excludes halogenated alkanes) is 3. The van der Waals surface area contributed by atoms with Gasteiger partial charge < -0.3 is 30.1 Å². The van der Waals surface area contributed by atoms with Crippen molar-refractivity contribution < 1.29 is 29.0 Å². The van der Waals surface area contributed by atoms with Crippen molar-refractivity contribution in [3.05, 3.63) is 24.3 Å². The van der Waals surface area contributed by atoms with E-state index in [1.165, 1.54) is 0 Å². The van der Waals surface area contributed by atoms with E-state index in [9.17, 15) is 14.4 Å². The molecule has 7 atom stereocenters. The molecule has 4 rings (SSSR count). The van der Waals surface area contributed by atoms with Gasteiger partial charge in [0.25, 0.3) is 0 Å². The van der Waals surface area contributed by atoms with Crippen molar-refractivity contribution in [1.82, 2.24) is 10.2 Å². The quantitative estimate of drug-likeness (QED) is 0.220. The maximum Gasteiger partial charge on any atom is 0.246 e. The van der Waals surface area contributed by atoms with Crippen LogP contribution in [0.2, 0.25) is 0 Å². The second kappa shape index (κ2) is 13.0. The van der Waals surface area contributed by atoms with Crippen LogP contribution in [0.3, 0.4) is 0 Å². The Morgan fingerprint density at radius 3 is 2.56 bits per heavy atom. The van der Waals surface area contributed by atoms with Crippen LogP contribution in [0, 0.1) is 11.8 Å². The number of amides is 3. The molecule has 9 nitrogen and oxygen atoms in total. The van der Waals surface area contributed by atoms with Gasteiger partial charge in [-0.1, -0.05) is 42.1 Å². The van der Waals surface area contributed by atoms with Gasteiger partial charge in [-0.3, -0.25) is 14.4 Å². The lowest BCUT2D eigenvalue weighted by molar-refractivity contribution is -0.141. The third-order valence-corrected chi connectivity index (χ3v) is 9.04. The van der Waals surface area contributed by atoms with E-state index in [1.54, 1.807) is 29.2 Å².